The van der Waals surface area contributed by atoms with Gasteiger partial charge in [-0.1, -0.05) is 46.5 Å². The topological polar surface area (TPSA) is 47.6 Å². The molecule has 3 heteroatoms. The standard InChI is InChI=1S/C18H30N2S/c1-4-15(18(10-11-19)14(2)3)12-17(13-20)21-16-8-6-5-7-9-16/h14-16,18,20H,4-10,12H2,1-3H3. The molecule has 1 saturated carbocycles. The molecule has 0 aromatic rings. The summed E-state index contributed by atoms with van der Waals surface area (Å²) < 4.78 is 0. The summed E-state index contributed by atoms with van der Waals surface area (Å²) in [6.07, 6.45) is 9.28. The van der Waals surface area contributed by atoms with Crippen molar-refractivity contribution in [2.24, 2.45) is 17.8 Å². The van der Waals surface area contributed by atoms with E-state index in [9.17, 15) is 0 Å². The maximum atomic E-state index is 9.07. The van der Waals surface area contributed by atoms with Gasteiger partial charge in [0, 0.05) is 16.6 Å². The zero-order chi connectivity index (χ0) is 15.7. The molecule has 21 heavy (non-hydrogen) atoms. The van der Waals surface area contributed by atoms with Crippen LogP contribution in [0.5, 0.6) is 0 Å². The van der Waals surface area contributed by atoms with Crippen LogP contribution in [0.4, 0.5) is 0 Å². The van der Waals surface area contributed by atoms with Crippen molar-refractivity contribution >= 4 is 17.6 Å². The minimum absolute atomic E-state index is 0.440. The van der Waals surface area contributed by atoms with Gasteiger partial charge >= 0.3 is 0 Å². The van der Waals surface area contributed by atoms with Crippen LogP contribution in [0, 0.1) is 34.5 Å². The van der Waals surface area contributed by atoms with Crippen LogP contribution in [0.3, 0.4) is 0 Å². The Bertz CT molecular complexity index is 385. The van der Waals surface area contributed by atoms with E-state index in [1.54, 1.807) is 0 Å². The number of hydrogen-bond donors (Lipinski definition) is 1. The van der Waals surface area contributed by atoms with E-state index in [0.29, 0.717) is 29.4 Å². The van der Waals surface area contributed by atoms with E-state index < -0.39 is 0 Å². The molecule has 118 valence electrons. The number of allylic oxidation sites excluding steroid dienone is 1. The van der Waals surface area contributed by atoms with Gasteiger partial charge in [-0.15, -0.1) is 11.8 Å². The second-order valence-corrected chi connectivity index (χ2v) is 7.96. The number of hydrogen-bond acceptors (Lipinski definition) is 3. The monoisotopic (exact) mass is 306 g/mol. The smallest absolute Gasteiger partial charge is 0.0624 e. The molecule has 0 aromatic heterocycles. The fourth-order valence-corrected chi connectivity index (χ4v) is 4.74. The highest BCUT2D eigenvalue weighted by Gasteiger charge is 2.25. The van der Waals surface area contributed by atoms with Crippen molar-refractivity contribution in [1.29, 1.82) is 10.7 Å². The lowest BCUT2D eigenvalue weighted by Crippen LogP contribution is -2.20. The highest BCUT2D eigenvalue weighted by atomic mass is 32.2. The lowest BCUT2D eigenvalue weighted by molar-refractivity contribution is 0.251. The van der Waals surface area contributed by atoms with E-state index in [4.69, 9.17) is 10.7 Å². The molecule has 0 aromatic carbocycles. The molecule has 1 fully saturated rings. The highest BCUT2D eigenvalue weighted by molar-refractivity contribution is 8.03. The normalized spacial score (nSPS) is 18.8. The maximum absolute atomic E-state index is 9.07. The summed E-state index contributed by atoms with van der Waals surface area (Å²) in [7, 11) is 0. The van der Waals surface area contributed by atoms with Gasteiger partial charge < -0.3 is 0 Å². The summed E-state index contributed by atoms with van der Waals surface area (Å²) in [5, 5.41) is 17.4. The van der Waals surface area contributed by atoms with Crippen LogP contribution >= 0.6 is 11.8 Å². The van der Waals surface area contributed by atoms with Crippen molar-refractivity contribution < 1.29 is 0 Å². The highest BCUT2D eigenvalue weighted by Crippen LogP contribution is 2.38. The Morgan fingerprint density at radius 1 is 1.29 bits per heavy atom. The second-order valence-electron chi connectivity index (χ2n) is 6.57. The van der Waals surface area contributed by atoms with Crippen molar-refractivity contribution in [3.63, 3.8) is 0 Å². The molecular formula is C18H30N2S. The summed E-state index contributed by atoms with van der Waals surface area (Å²) in [5.41, 5.74) is 0. The summed E-state index contributed by atoms with van der Waals surface area (Å²) in [6.45, 7) is 6.64. The first-order chi connectivity index (χ1) is 10.1. The fourth-order valence-electron chi connectivity index (χ4n) is 3.40. The quantitative estimate of drug-likeness (QED) is 0.577. The zero-order valence-corrected chi connectivity index (χ0v) is 14.6. The van der Waals surface area contributed by atoms with Gasteiger partial charge in [0.1, 0.15) is 0 Å². The van der Waals surface area contributed by atoms with Crippen molar-refractivity contribution in [3.05, 3.63) is 4.91 Å². The van der Waals surface area contributed by atoms with Crippen LogP contribution in [0.1, 0.15) is 72.1 Å². The van der Waals surface area contributed by atoms with Crippen LogP contribution in [0.2, 0.25) is 0 Å². The minimum Gasteiger partial charge on any atom is -0.258 e. The molecule has 1 N–H and O–H groups in total. The van der Waals surface area contributed by atoms with Crippen molar-refractivity contribution in [3.8, 4) is 6.07 Å². The predicted octanol–water partition coefficient (Wildman–Crippen LogP) is 5.79. The molecule has 0 bridgehead atoms. The van der Waals surface area contributed by atoms with Gasteiger partial charge in [-0.2, -0.15) is 5.26 Å². The van der Waals surface area contributed by atoms with Gasteiger partial charge in [-0.3, -0.25) is 5.41 Å². The van der Waals surface area contributed by atoms with E-state index in [0.717, 1.165) is 17.7 Å². The van der Waals surface area contributed by atoms with Crippen LogP contribution < -0.4 is 0 Å². The van der Waals surface area contributed by atoms with Crippen molar-refractivity contribution in [2.75, 3.05) is 0 Å². The molecule has 0 saturated heterocycles. The lowest BCUT2D eigenvalue weighted by atomic mass is 9.78. The Balaban J connectivity index is 2.63. The van der Waals surface area contributed by atoms with Crippen LogP contribution in [-0.2, 0) is 0 Å². The maximum Gasteiger partial charge on any atom is 0.0624 e. The number of rotatable bonds is 8. The van der Waals surface area contributed by atoms with Gasteiger partial charge in [0.05, 0.1) is 6.07 Å². The van der Waals surface area contributed by atoms with E-state index >= 15 is 0 Å². The van der Waals surface area contributed by atoms with E-state index in [1.165, 1.54) is 32.1 Å². The molecule has 0 heterocycles. The summed E-state index contributed by atoms with van der Waals surface area (Å²) in [4.78, 5) is 1.11. The van der Waals surface area contributed by atoms with E-state index in [1.807, 2.05) is 11.8 Å². The molecule has 2 atom stereocenters. The molecular weight excluding hydrogens is 276 g/mol. The largest absolute Gasteiger partial charge is 0.258 e. The third-order valence-electron chi connectivity index (χ3n) is 4.76. The summed E-state index contributed by atoms with van der Waals surface area (Å²) in [6, 6.07) is 2.35. The summed E-state index contributed by atoms with van der Waals surface area (Å²) in [5.74, 6) is 4.17. The Kier molecular flexibility index (Phi) is 8.81. The molecule has 0 aliphatic heterocycles. The third-order valence-corrected chi connectivity index (χ3v) is 6.12. The molecule has 0 amide bonds. The van der Waals surface area contributed by atoms with E-state index in [-0.39, 0.29) is 0 Å². The lowest BCUT2D eigenvalue weighted by Gasteiger charge is -2.29. The average Bonchev–Trinajstić information content (AvgIpc) is 2.50. The van der Waals surface area contributed by atoms with Gasteiger partial charge in [0.2, 0.25) is 0 Å². The zero-order valence-electron chi connectivity index (χ0n) is 13.8. The van der Waals surface area contributed by atoms with Crippen LogP contribution in [0.15, 0.2) is 4.91 Å². The first kappa shape index (κ1) is 18.3. The number of nitriles is 1. The van der Waals surface area contributed by atoms with Gasteiger partial charge in [0.25, 0.3) is 0 Å². The van der Waals surface area contributed by atoms with Gasteiger partial charge in [0.15, 0.2) is 0 Å². The van der Waals surface area contributed by atoms with Crippen LogP contribution in [0.25, 0.3) is 0 Å². The van der Waals surface area contributed by atoms with Crippen LogP contribution in [-0.4, -0.2) is 11.1 Å². The first-order valence-corrected chi connectivity index (χ1v) is 9.32. The Morgan fingerprint density at radius 3 is 2.43 bits per heavy atom. The SMILES string of the molecule is CCC(CC(=C=N)SC1CCCCC1)C(CC#N)C(C)C. The number of thioether (sulfide) groups is 1. The minimum atomic E-state index is 0.440. The molecule has 2 unspecified atom stereocenters. The van der Waals surface area contributed by atoms with Gasteiger partial charge in [-0.05, 0) is 42.9 Å². The number of nitrogens with one attached hydrogen (secondary N) is 1. The van der Waals surface area contributed by atoms with E-state index in [2.05, 4.69) is 32.7 Å². The molecule has 0 radical (unpaired) electrons. The van der Waals surface area contributed by atoms with Crippen molar-refractivity contribution in [2.45, 2.75) is 77.4 Å². The first-order valence-electron chi connectivity index (χ1n) is 8.44. The van der Waals surface area contributed by atoms with Crippen molar-refractivity contribution in [1.82, 2.24) is 0 Å². The predicted molar refractivity (Wildman–Crippen MR) is 92.7 cm³/mol. The Hall–Kier alpha value is -0.710. The Labute approximate surface area is 134 Å². The molecule has 1 rings (SSSR count). The van der Waals surface area contributed by atoms with Gasteiger partial charge in [-0.25, -0.2) is 0 Å². The molecule has 2 nitrogen and oxygen atoms in total. The summed E-state index contributed by atoms with van der Waals surface area (Å²) >= 11 is 1.89. The second kappa shape index (κ2) is 10.1. The fraction of sp³-hybridized carbons (Fsp3) is 0.833. The average molecular weight is 307 g/mol. The number of nitrogens with zero attached hydrogens (tertiary/aromatic N) is 1. The molecule has 0 spiro atoms. The Morgan fingerprint density at radius 2 is 1.95 bits per heavy atom. The molecule has 1 aliphatic rings. The molecule has 1 aliphatic carbocycles. The third kappa shape index (κ3) is 6.29.